The molecule has 0 atom stereocenters. The van der Waals surface area contributed by atoms with E-state index < -0.39 is 5.92 Å². The van der Waals surface area contributed by atoms with Crippen molar-refractivity contribution in [2.24, 2.45) is 0 Å². The van der Waals surface area contributed by atoms with Crippen LogP contribution >= 0.6 is 15.9 Å². The number of para-hydroxylation sites is 2. The molecule has 0 aliphatic heterocycles. The summed E-state index contributed by atoms with van der Waals surface area (Å²) in [6, 6.07) is 42.2. The topological polar surface area (TPSA) is 94.0 Å². The lowest BCUT2D eigenvalue weighted by Gasteiger charge is -2.21. The predicted molar refractivity (Wildman–Crippen MR) is 206 cm³/mol. The van der Waals surface area contributed by atoms with Crippen LogP contribution in [-0.4, -0.2) is 32.8 Å². The van der Waals surface area contributed by atoms with Gasteiger partial charge in [-0.25, -0.2) is 9.36 Å². The molecule has 0 saturated carbocycles. The van der Waals surface area contributed by atoms with Crippen molar-refractivity contribution in [3.63, 3.8) is 0 Å². The van der Waals surface area contributed by atoms with Crippen LogP contribution < -0.4 is 20.6 Å². The Bertz CT molecular complexity index is 2230. The fourth-order valence-corrected chi connectivity index (χ4v) is 7.02. The first-order chi connectivity index (χ1) is 25.0. The summed E-state index contributed by atoms with van der Waals surface area (Å²) in [5, 5.41) is 6.86. The van der Waals surface area contributed by atoms with E-state index in [-0.39, 0.29) is 11.1 Å². The average molecular weight is 742 g/mol. The number of benzene rings is 5. The van der Waals surface area contributed by atoms with E-state index in [0.717, 1.165) is 17.5 Å². The van der Waals surface area contributed by atoms with E-state index in [4.69, 9.17) is 9.47 Å². The number of halogens is 1. The summed E-state index contributed by atoms with van der Waals surface area (Å²) in [5.41, 5.74) is 5.08. The molecule has 0 unspecified atom stereocenters. The van der Waals surface area contributed by atoms with Crippen LogP contribution in [0.25, 0.3) is 33.9 Å². The minimum Gasteiger partial charge on any atom is -0.490 e. The average Bonchev–Trinajstić information content (AvgIpc) is 3.69. The molecule has 0 amide bonds. The van der Waals surface area contributed by atoms with Gasteiger partial charge in [-0.1, -0.05) is 104 Å². The van der Waals surface area contributed by atoms with Gasteiger partial charge in [0.25, 0.3) is 11.1 Å². The van der Waals surface area contributed by atoms with Crippen LogP contribution in [0.5, 0.6) is 11.5 Å². The van der Waals surface area contributed by atoms with Crippen LogP contribution in [0.2, 0.25) is 0 Å². The molecule has 2 heterocycles. The molecule has 0 saturated heterocycles. The van der Waals surface area contributed by atoms with E-state index in [9.17, 15) is 0 Å². The number of hydrogen-bond acceptors (Lipinski definition) is 4. The molecule has 0 aliphatic carbocycles. The van der Waals surface area contributed by atoms with Gasteiger partial charge in [0.05, 0.1) is 51.6 Å². The summed E-state index contributed by atoms with van der Waals surface area (Å²) in [7, 11) is 0. The maximum atomic E-state index is 15.0. The van der Waals surface area contributed by atoms with Crippen LogP contribution in [-0.2, 0) is 0 Å². The highest BCUT2D eigenvalue weighted by molar-refractivity contribution is 9.10. The molecule has 0 spiro atoms. The van der Waals surface area contributed by atoms with Crippen LogP contribution in [0.4, 0.5) is 0 Å². The van der Waals surface area contributed by atoms with Gasteiger partial charge in [-0.15, -0.1) is 0 Å². The Morgan fingerprint density at radius 3 is 1.51 bits per heavy atom. The maximum absolute atomic E-state index is 15.0. The number of aromatic nitrogens is 4. The van der Waals surface area contributed by atoms with Gasteiger partial charge < -0.3 is 9.47 Å². The number of nitrogens with zero attached hydrogens (tertiary/aromatic N) is 2. The molecular weight excluding hydrogens is 704 g/mol. The summed E-state index contributed by atoms with van der Waals surface area (Å²) in [6.07, 6.45) is 0.814. The third-order valence-corrected chi connectivity index (χ3v) is 9.29. The normalized spacial score (nSPS) is 11.2. The number of nitrogens with one attached hydrogen (secondary N) is 2. The molecule has 0 aliphatic rings. The molecule has 2 aromatic heterocycles. The molecule has 7 rings (SSSR count). The Balaban J connectivity index is 1.61. The van der Waals surface area contributed by atoms with E-state index in [1.807, 2.05) is 147 Å². The van der Waals surface area contributed by atoms with Gasteiger partial charge in [-0.05, 0) is 82.4 Å². The SMILES string of the molecule is CCCOc1c(Br)cc(C(c2c(-c3ccccc3)[nH]n(-c3ccccc3)c2=O)c2c(-c3ccccc3)[nH]n(-c3ccccc3)c2=O)cc1OCC. The van der Waals surface area contributed by atoms with Crippen LogP contribution in [0.3, 0.4) is 0 Å². The Hall–Kier alpha value is -5.80. The Labute approximate surface area is 304 Å². The fraction of sp³-hybridized carbons (Fsp3) is 0.143. The zero-order chi connectivity index (χ0) is 35.3. The number of hydrogen-bond donors (Lipinski definition) is 2. The number of H-pyrrole nitrogens is 2. The van der Waals surface area contributed by atoms with Gasteiger partial charge in [0.2, 0.25) is 0 Å². The van der Waals surface area contributed by atoms with Gasteiger partial charge in [0, 0.05) is 5.92 Å². The van der Waals surface area contributed by atoms with Gasteiger partial charge >= 0.3 is 0 Å². The van der Waals surface area contributed by atoms with E-state index in [2.05, 4.69) is 26.1 Å². The summed E-state index contributed by atoms with van der Waals surface area (Å²) < 4.78 is 16.1. The van der Waals surface area contributed by atoms with Crippen molar-refractivity contribution in [3.8, 4) is 45.4 Å². The van der Waals surface area contributed by atoms with Crippen molar-refractivity contribution in [2.45, 2.75) is 26.2 Å². The molecule has 7 aromatic rings. The highest BCUT2D eigenvalue weighted by Gasteiger charge is 2.35. The zero-order valence-corrected chi connectivity index (χ0v) is 29.9. The first-order valence-electron chi connectivity index (χ1n) is 17.0. The number of rotatable bonds is 12. The van der Waals surface area contributed by atoms with Crippen molar-refractivity contribution >= 4 is 15.9 Å². The second-order valence-corrected chi connectivity index (χ2v) is 12.9. The highest BCUT2D eigenvalue weighted by Crippen LogP contribution is 2.44. The van der Waals surface area contributed by atoms with Crippen LogP contribution in [0, 0.1) is 0 Å². The van der Waals surface area contributed by atoms with E-state index in [0.29, 0.717) is 68.6 Å². The molecule has 0 fully saturated rings. The Kier molecular flexibility index (Phi) is 9.90. The molecule has 0 radical (unpaired) electrons. The smallest absolute Gasteiger partial charge is 0.276 e. The zero-order valence-electron chi connectivity index (χ0n) is 28.3. The van der Waals surface area contributed by atoms with E-state index in [1.165, 1.54) is 0 Å². The number of aromatic amines is 2. The van der Waals surface area contributed by atoms with Crippen molar-refractivity contribution in [1.82, 2.24) is 19.6 Å². The lowest BCUT2D eigenvalue weighted by atomic mass is 9.83. The summed E-state index contributed by atoms with van der Waals surface area (Å²) in [4.78, 5) is 30.1. The molecule has 51 heavy (non-hydrogen) atoms. The quantitative estimate of drug-likeness (QED) is 0.131. The highest BCUT2D eigenvalue weighted by atomic mass is 79.9. The number of ether oxygens (including phenoxy) is 2. The largest absolute Gasteiger partial charge is 0.490 e. The fourth-order valence-electron chi connectivity index (χ4n) is 6.44. The van der Waals surface area contributed by atoms with Crippen LogP contribution in [0.1, 0.15) is 42.9 Å². The van der Waals surface area contributed by atoms with Crippen molar-refractivity contribution < 1.29 is 9.47 Å². The van der Waals surface area contributed by atoms with Gasteiger partial charge in [0.15, 0.2) is 11.5 Å². The molecule has 9 heteroatoms. The summed E-state index contributed by atoms with van der Waals surface area (Å²) in [5.74, 6) is 0.216. The Morgan fingerprint density at radius 1 is 0.627 bits per heavy atom. The first-order valence-corrected chi connectivity index (χ1v) is 17.8. The van der Waals surface area contributed by atoms with E-state index >= 15 is 9.59 Å². The maximum Gasteiger partial charge on any atom is 0.276 e. The van der Waals surface area contributed by atoms with Crippen LogP contribution in [0.15, 0.2) is 148 Å². The molecule has 0 bridgehead atoms. The van der Waals surface area contributed by atoms with Crippen molar-refractivity contribution in [1.29, 1.82) is 0 Å². The second kappa shape index (κ2) is 15.0. The third-order valence-electron chi connectivity index (χ3n) is 8.70. The molecule has 8 nitrogen and oxygen atoms in total. The molecular formula is C42H37BrN4O4. The predicted octanol–water partition coefficient (Wildman–Crippen LogP) is 9.11. The minimum absolute atomic E-state index is 0.281. The summed E-state index contributed by atoms with van der Waals surface area (Å²) >= 11 is 3.77. The first kappa shape index (κ1) is 33.7. The lowest BCUT2D eigenvalue weighted by molar-refractivity contribution is 0.275. The third kappa shape index (κ3) is 6.60. The van der Waals surface area contributed by atoms with Crippen molar-refractivity contribution in [3.05, 3.63) is 175 Å². The second-order valence-electron chi connectivity index (χ2n) is 12.0. The standard InChI is InChI=1S/C42H37BrN4O4/c1-3-25-51-40-33(43)26-30(27-34(40)50-4-2)35(36-38(28-17-9-5-10-18-28)44-46(41(36)48)31-21-13-7-14-22-31)37-39(29-19-11-6-12-20-29)45-47(42(37)49)32-23-15-8-16-24-32/h5-24,26-27,35,44-45H,3-4,25H2,1-2H3. The summed E-state index contributed by atoms with van der Waals surface area (Å²) in [6.45, 7) is 4.85. The van der Waals surface area contributed by atoms with Gasteiger partial charge in [-0.3, -0.25) is 19.8 Å². The minimum atomic E-state index is -0.867. The van der Waals surface area contributed by atoms with E-state index in [1.54, 1.807) is 9.36 Å². The lowest BCUT2D eigenvalue weighted by Crippen LogP contribution is -2.25. The molecule has 2 N–H and O–H groups in total. The molecule has 5 aromatic carbocycles. The Morgan fingerprint density at radius 2 is 1.08 bits per heavy atom. The van der Waals surface area contributed by atoms with Gasteiger partial charge in [-0.2, -0.15) is 0 Å². The molecule has 256 valence electrons. The van der Waals surface area contributed by atoms with Gasteiger partial charge in [0.1, 0.15) is 0 Å². The van der Waals surface area contributed by atoms with Crippen molar-refractivity contribution in [2.75, 3.05) is 13.2 Å². The monoisotopic (exact) mass is 740 g/mol.